The molecular weight excluding hydrogens is 464 g/mol. The van der Waals surface area contributed by atoms with Gasteiger partial charge in [0.05, 0.1) is 18.4 Å². The van der Waals surface area contributed by atoms with Crippen LogP contribution in [0.25, 0.3) is 5.65 Å². The molecule has 2 fully saturated rings. The van der Waals surface area contributed by atoms with Crippen molar-refractivity contribution in [3.8, 4) is 11.8 Å². The van der Waals surface area contributed by atoms with Crippen LogP contribution < -0.4 is 21.3 Å². The van der Waals surface area contributed by atoms with E-state index in [1.165, 1.54) is 0 Å². The standard InChI is InChI=1S/C25H29ClN8O/c1-2-3-11-27-16-4-6-18(7-5-16)31-23-14-20(30-17-8-9-17)24-29-15-21(34(24)33-23)25(35)32-19-10-12-28-22(26)13-19/h10,12-18,27,30H,4-9,11H2,1H3,(H,31,33)(H,28,32,35). The van der Waals surface area contributed by atoms with Crippen molar-refractivity contribution in [2.75, 3.05) is 22.5 Å². The van der Waals surface area contributed by atoms with Crippen LogP contribution >= 0.6 is 11.6 Å². The zero-order valence-electron chi connectivity index (χ0n) is 19.6. The van der Waals surface area contributed by atoms with Gasteiger partial charge < -0.3 is 21.3 Å². The number of amides is 1. The van der Waals surface area contributed by atoms with E-state index in [0.29, 0.717) is 40.3 Å². The zero-order valence-corrected chi connectivity index (χ0v) is 20.4. The van der Waals surface area contributed by atoms with Crippen LogP contribution in [0.1, 0.15) is 55.9 Å². The Hall–Kier alpha value is -3.35. The molecule has 2 aliphatic carbocycles. The average molecular weight is 493 g/mol. The molecule has 10 heteroatoms. The molecule has 4 N–H and O–H groups in total. The molecule has 2 aliphatic rings. The summed E-state index contributed by atoms with van der Waals surface area (Å²) in [6.07, 6.45) is 9.63. The molecule has 2 saturated carbocycles. The fraction of sp³-hybridized carbons (Fsp3) is 0.440. The highest BCUT2D eigenvalue weighted by Crippen LogP contribution is 2.30. The number of pyridine rings is 1. The van der Waals surface area contributed by atoms with Gasteiger partial charge in [0.15, 0.2) is 11.3 Å². The Bertz CT molecular complexity index is 1270. The zero-order chi connectivity index (χ0) is 24.2. The SMILES string of the molecule is CC#CCNC1CCC(Nc2cc(NC3CC3)c3ncc(C(=O)Nc4ccnc(Cl)c4)n3n2)CC1. The van der Waals surface area contributed by atoms with E-state index in [2.05, 4.69) is 43.1 Å². The topological polar surface area (TPSA) is 108 Å². The summed E-state index contributed by atoms with van der Waals surface area (Å²) < 4.78 is 1.61. The Morgan fingerprint density at radius 1 is 1.09 bits per heavy atom. The van der Waals surface area contributed by atoms with E-state index >= 15 is 0 Å². The van der Waals surface area contributed by atoms with Crippen molar-refractivity contribution in [2.24, 2.45) is 0 Å². The Morgan fingerprint density at radius 2 is 1.83 bits per heavy atom. The Labute approximate surface area is 209 Å². The Morgan fingerprint density at radius 3 is 2.57 bits per heavy atom. The molecule has 0 saturated heterocycles. The lowest BCUT2D eigenvalue weighted by Gasteiger charge is -2.29. The third-order valence-electron chi connectivity index (χ3n) is 6.36. The number of imidazole rings is 1. The first-order valence-corrected chi connectivity index (χ1v) is 12.4. The highest BCUT2D eigenvalue weighted by molar-refractivity contribution is 6.29. The first-order valence-electron chi connectivity index (χ1n) is 12.1. The van der Waals surface area contributed by atoms with Crippen molar-refractivity contribution >= 4 is 40.3 Å². The molecular formula is C25H29ClN8O. The Kier molecular flexibility index (Phi) is 7.02. The maximum absolute atomic E-state index is 13.1. The van der Waals surface area contributed by atoms with Crippen molar-refractivity contribution in [3.05, 3.63) is 41.4 Å². The first kappa shape index (κ1) is 23.4. The average Bonchev–Trinajstić information content (AvgIpc) is 3.55. The molecule has 1 amide bonds. The van der Waals surface area contributed by atoms with Crippen LogP contribution in [0.2, 0.25) is 5.15 Å². The van der Waals surface area contributed by atoms with Crippen molar-refractivity contribution < 1.29 is 4.79 Å². The van der Waals surface area contributed by atoms with E-state index in [4.69, 9.17) is 16.7 Å². The van der Waals surface area contributed by atoms with E-state index in [9.17, 15) is 4.79 Å². The summed E-state index contributed by atoms with van der Waals surface area (Å²) in [6, 6.07) is 6.56. The molecule has 0 bridgehead atoms. The van der Waals surface area contributed by atoms with Crippen molar-refractivity contribution in [3.63, 3.8) is 0 Å². The van der Waals surface area contributed by atoms with Gasteiger partial charge in [0.2, 0.25) is 0 Å². The highest BCUT2D eigenvalue weighted by Gasteiger charge is 2.25. The summed E-state index contributed by atoms with van der Waals surface area (Å²) >= 11 is 5.96. The molecule has 0 spiro atoms. The molecule has 9 nitrogen and oxygen atoms in total. The molecule has 0 aromatic carbocycles. The lowest BCUT2D eigenvalue weighted by molar-refractivity contribution is 0.102. The van der Waals surface area contributed by atoms with Gasteiger partial charge in [-0.25, -0.2) is 14.5 Å². The largest absolute Gasteiger partial charge is 0.379 e. The lowest BCUT2D eigenvalue weighted by Crippen LogP contribution is -2.37. The molecule has 5 rings (SSSR count). The van der Waals surface area contributed by atoms with Gasteiger partial charge in [-0.3, -0.25) is 4.79 Å². The minimum absolute atomic E-state index is 0.310. The van der Waals surface area contributed by atoms with Crippen molar-refractivity contribution in [2.45, 2.75) is 63.6 Å². The Balaban J connectivity index is 1.34. The quantitative estimate of drug-likeness (QED) is 0.278. The predicted octanol–water partition coefficient (Wildman–Crippen LogP) is 3.94. The number of rotatable bonds is 8. The molecule has 0 radical (unpaired) electrons. The van der Waals surface area contributed by atoms with Gasteiger partial charge in [-0.05, 0) is 57.6 Å². The smallest absolute Gasteiger partial charge is 0.276 e. The van der Waals surface area contributed by atoms with Crippen molar-refractivity contribution in [1.82, 2.24) is 24.9 Å². The van der Waals surface area contributed by atoms with Gasteiger partial charge in [-0.2, -0.15) is 0 Å². The summed E-state index contributed by atoms with van der Waals surface area (Å²) in [5, 5.41) is 18.6. The molecule has 35 heavy (non-hydrogen) atoms. The van der Waals surface area contributed by atoms with Gasteiger partial charge in [-0.1, -0.05) is 17.5 Å². The van der Waals surface area contributed by atoms with Gasteiger partial charge in [0.25, 0.3) is 5.91 Å². The minimum atomic E-state index is -0.316. The lowest BCUT2D eigenvalue weighted by atomic mass is 9.91. The van der Waals surface area contributed by atoms with Crippen LogP contribution in [-0.2, 0) is 0 Å². The van der Waals surface area contributed by atoms with Crippen LogP contribution in [0.4, 0.5) is 17.2 Å². The highest BCUT2D eigenvalue weighted by atomic mass is 35.5. The molecule has 3 aromatic heterocycles. The molecule has 3 aromatic rings. The van der Waals surface area contributed by atoms with Crippen molar-refractivity contribution in [1.29, 1.82) is 0 Å². The maximum atomic E-state index is 13.1. The number of anilines is 3. The number of carbonyl (C=O) groups excluding carboxylic acids is 1. The monoisotopic (exact) mass is 492 g/mol. The summed E-state index contributed by atoms with van der Waals surface area (Å²) in [7, 11) is 0. The van der Waals surface area contributed by atoms with Crippen LogP contribution in [0, 0.1) is 11.8 Å². The number of fused-ring (bicyclic) bond motifs is 1. The second-order valence-electron chi connectivity index (χ2n) is 9.06. The van der Waals surface area contributed by atoms with E-state index in [-0.39, 0.29) is 5.91 Å². The molecule has 0 unspecified atom stereocenters. The number of halogens is 1. The number of aromatic nitrogens is 4. The number of nitrogens with zero attached hydrogens (tertiary/aromatic N) is 4. The predicted molar refractivity (Wildman–Crippen MR) is 138 cm³/mol. The van der Waals surface area contributed by atoms with Gasteiger partial charge in [0, 0.05) is 36.1 Å². The second-order valence-corrected chi connectivity index (χ2v) is 9.45. The molecule has 0 aliphatic heterocycles. The number of hydrogen-bond donors (Lipinski definition) is 4. The minimum Gasteiger partial charge on any atom is -0.379 e. The first-order chi connectivity index (χ1) is 17.1. The number of carbonyl (C=O) groups is 1. The van der Waals surface area contributed by atoms with Crippen LogP contribution in [0.3, 0.4) is 0 Å². The summed E-state index contributed by atoms with van der Waals surface area (Å²) in [5.74, 6) is 6.42. The fourth-order valence-electron chi connectivity index (χ4n) is 4.36. The van der Waals surface area contributed by atoms with Crippen LogP contribution in [-0.4, -0.2) is 50.2 Å². The molecule has 182 valence electrons. The molecule has 0 atom stereocenters. The summed E-state index contributed by atoms with van der Waals surface area (Å²) in [4.78, 5) is 21.5. The third-order valence-corrected chi connectivity index (χ3v) is 6.56. The van der Waals surface area contributed by atoms with E-state index in [0.717, 1.165) is 56.6 Å². The number of hydrogen-bond acceptors (Lipinski definition) is 7. The molecule has 3 heterocycles. The third kappa shape index (κ3) is 5.84. The van der Waals surface area contributed by atoms with Gasteiger partial charge in [0.1, 0.15) is 11.0 Å². The van der Waals surface area contributed by atoms with E-state index in [1.54, 1.807) is 29.0 Å². The normalized spacial score (nSPS) is 19.6. The van der Waals surface area contributed by atoms with Crippen LogP contribution in [0.5, 0.6) is 0 Å². The van der Waals surface area contributed by atoms with Gasteiger partial charge in [-0.15, -0.1) is 11.0 Å². The number of nitrogens with one attached hydrogen (secondary N) is 4. The second kappa shape index (κ2) is 10.5. The van der Waals surface area contributed by atoms with Crippen LogP contribution in [0.15, 0.2) is 30.6 Å². The van der Waals surface area contributed by atoms with E-state index < -0.39 is 0 Å². The summed E-state index contributed by atoms with van der Waals surface area (Å²) in [5.41, 5.74) is 2.42. The summed E-state index contributed by atoms with van der Waals surface area (Å²) in [6.45, 7) is 2.60. The van der Waals surface area contributed by atoms with Gasteiger partial charge >= 0.3 is 0 Å². The maximum Gasteiger partial charge on any atom is 0.276 e. The van der Waals surface area contributed by atoms with E-state index in [1.807, 2.05) is 13.0 Å². The fourth-order valence-corrected chi connectivity index (χ4v) is 4.53.